The van der Waals surface area contributed by atoms with Crippen LogP contribution >= 0.6 is 0 Å². The van der Waals surface area contributed by atoms with E-state index in [1.54, 1.807) is 6.07 Å². The lowest BCUT2D eigenvalue weighted by molar-refractivity contribution is -0.477. The number of nitrogens with zero attached hydrogens (tertiary/aromatic N) is 2. The van der Waals surface area contributed by atoms with Gasteiger partial charge >= 0.3 is 0 Å². The fourth-order valence-corrected chi connectivity index (χ4v) is 1.61. The number of hydrogen-bond donors (Lipinski definition) is 1. The third-order valence-electron chi connectivity index (χ3n) is 2.48. The van der Waals surface area contributed by atoms with Crippen LogP contribution < -0.4 is 9.64 Å². The molecule has 0 saturated carbocycles. The van der Waals surface area contributed by atoms with E-state index in [0.29, 0.717) is 18.8 Å². The van der Waals surface area contributed by atoms with Gasteiger partial charge in [0.15, 0.2) is 0 Å². The summed E-state index contributed by atoms with van der Waals surface area (Å²) < 4.78 is 5.31. The van der Waals surface area contributed by atoms with Crippen LogP contribution in [0.15, 0.2) is 24.3 Å². The molecule has 6 nitrogen and oxygen atoms in total. The van der Waals surface area contributed by atoms with Gasteiger partial charge in [0.1, 0.15) is 12.4 Å². The van der Waals surface area contributed by atoms with Gasteiger partial charge in [0, 0.05) is 23.2 Å². The second kappa shape index (κ2) is 7.50. The van der Waals surface area contributed by atoms with Crippen LogP contribution in [0.5, 0.6) is 5.75 Å². The van der Waals surface area contributed by atoms with Gasteiger partial charge in [0.2, 0.25) is 6.54 Å². The van der Waals surface area contributed by atoms with Crippen molar-refractivity contribution in [2.45, 2.75) is 6.92 Å². The Hall–Kier alpha value is -1.82. The minimum absolute atomic E-state index is 0.0386. The molecule has 1 aromatic rings. The number of likely N-dealkylation sites (N-methyl/N-ethyl adjacent to an activating group) is 1. The Morgan fingerprint density at radius 1 is 1.50 bits per heavy atom. The molecule has 0 saturated heterocycles. The SMILES string of the molecule is CCN(CC[N+](=O)[O-])c1cccc(OCCO)c1. The molecule has 100 valence electrons. The number of aliphatic hydroxyl groups is 1. The Morgan fingerprint density at radius 3 is 2.89 bits per heavy atom. The van der Waals surface area contributed by atoms with Crippen molar-refractivity contribution in [3.8, 4) is 5.75 Å². The van der Waals surface area contributed by atoms with E-state index in [9.17, 15) is 10.1 Å². The second-order valence-corrected chi connectivity index (χ2v) is 3.71. The summed E-state index contributed by atoms with van der Waals surface area (Å²) >= 11 is 0. The summed E-state index contributed by atoms with van der Waals surface area (Å²) in [6.07, 6.45) is 0. The summed E-state index contributed by atoms with van der Waals surface area (Å²) in [6, 6.07) is 7.33. The predicted molar refractivity (Wildman–Crippen MR) is 68.8 cm³/mol. The highest BCUT2D eigenvalue weighted by atomic mass is 16.6. The molecule has 0 amide bonds. The van der Waals surface area contributed by atoms with E-state index in [1.165, 1.54) is 0 Å². The first kappa shape index (κ1) is 14.2. The van der Waals surface area contributed by atoms with Crippen LogP contribution in [0.1, 0.15) is 6.92 Å². The number of anilines is 1. The van der Waals surface area contributed by atoms with Crippen molar-refractivity contribution < 1.29 is 14.8 Å². The molecule has 0 radical (unpaired) electrons. The number of rotatable bonds is 8. The maximum absolute atomic E-state index is 10.4. The molecule has 18 heavy (non-hydrogen) atoms. The highest BCUT2D eigenvalue weighted by molar-refractivity contribution is 5.50. The zero-order valence-corrected chi connectivity index (χ0v) is 10.4. The van der Waals surface area contributed by atoms with Gasteiger partial charge in [-0.05, 0) is 19.1 Å². The Balaban J connectivity index is 2.69. The topological polar surface area (TPSA) is 75.8 Å². The number of nitro groups is 1. The Morgan fingerprint density at radius 2 is 2.28 bits per heavy atom. The van der Waals surface area contributed by atoms with E-state index < -0.39 is 0 Å². The molecule has 0 aliphatic rings. The molecule has 0 fully saturated rings. The van der Waals surface area contributed by atoms with Crippen LogP contribution in [0.3, 0.4) is 0 Å². The van der Waals surface area contributed by atoms with Gasteiger partial charge in [0.05, 0.1) is 13.2 Å². The molecule has 1 aromatic carbocycles. The Kier molecular flexibility index (Phi) is 5.93. The zero-order chi connectivity index (χ0) is 13.4. The van der Waals surface area contributed by atoms with Crippen LogP contribution in [-0.2, 0) is 0 Å². The predicted octanol–water partition coefficient (Wildman–Crippen LogP) is 1.16. The summed E-state index contributed by atoms with van der Waals surface area (Å²) in [5.74, 6) is 0.654. The quantitative estimate of drug-likeness (QED) is 0.556. The van der Waals surface area contributed by atoms with Gasteiger partial charge in [-0.15, -0.1) is 0 Å². The van der Waals surface area contributed by atoms with Crippen LogP contribution in [0.4, 0.5) is 5.69 Å². The van der Waals surface area contributed by atoms with Gasteiger partial charge < -0.3 is 14.7 Å². The average Bonchev–Trinajstić information content (AvgIpc) is 2.37. The lowest BCUT2D eigenvalue weighted by Gasteiger charge is -2.21. The van der Waals surface area contributed by atoms with E-state index >= 15 is 0 Å². The lowest BCUT2D eigenvalue weighted by atomic mass is 10.2. The largest absolute Gasteiger partial charge is 0.491 e. The van der Waals surface area contributed by atoms with Gasteiger partial charge in [-0.1, -0.05) is 6.07 Å². The molecule has 0 spiro atoms. The Labute approximate surface area is 106 Å². The van der Waals surface area contributed by atoms with E-state index in [1.807, 2.05) is 30.0 Å². The maximum atomic E-state index is 10.4. The molecule has 0 aromatic heterocycles. The van der Waals surface area contributed by atoms with Crippen LogP contribution in [0.25, 0.3) is 0 Å². The van der Waals surface area contributed by atoms with Crippen LogP contribution in [0, 0.1) is 10.1 Å². The van der Waals surface area contributed by atoms with Gasteiger partial charge in [-0.25, -0.2) is 0 Å². The molecule has 0 bridgehead atoms. The molecule has 0 atom stereocenters. The third-order valence-corrected chi connectivity index (χ3v) is 2.48. The number of ether oxygens (including phenoxy) is 1. The first-order valence-electron chi connectivity index (χ1n) is 5.87. The normalized spacial score (nSPS) is 10.1. The minimum Gasteiger partial charge on any atom is -0.491 e. The number of benzene rings is 1. The van der Waals surface area contributed by atoms with Crippen molar-refractivity contribution >= 4 is 5.69 Å². The summed E-state index contributed by atoms with van der Waals surface area (Å²) in [7, 11) is 0. The van der Waals surface area contributed by atoms with Gasteiger partial charge in [0.25, 0.3) is 0 Å². The van der Waals surface area contributed by atoms with Crippen molar-refractivity contribution in [3.05, 3.63) is 34.4 Å². The van der Waals surface area contributed by atoms with Crippen LogP contribution in [0.2, 0.25) is 0 Å². The third kappa shape index (κ3) is 4.58. The summed E-state index contributed by atoms with van der Waals surface area (Å²) in [6.45, 7) is 3.12. The standard InChI is InChI=1S/C12H18N2O4/c1-2-13(6-7-14(16)17)11-4-3-5-12(10-11)18-9-8-15/h3-5,10,15H,2,6-9H2,1H3. The van der Waals surface area contributed by atoms with E-state index in [-0.39, 0.29) is 24.7 Å². The summed E-state index contributed by atoms with van der Waals surface area (Å²) in [5, 5.41) is 19.1. The lowest BCUT2D eigenvalue weighted by Crippen LogP contribution is -2.28. The number of aliphatic hydroxyl groups excluding tert-OH is 1. The molecular formula is C12H18N2O4. The van der Waals surface area contributed by atoms with E-state index in [2.05, 4.69) is 0 Å². The van der Waals surface area contributed by atoms with Crippen molar-refractivity contribution in [3.63, 3.8) is 0 Å². The fourth-order valence-electron chi connectivity index (χ4n) is 1.61. The molecule has 0 aliphatic heterocycles. The summed E-state index contributed by atoms with van der Waals surface area (Å²) in [4.78, 5) is 12.0. The molecule has 0 aliphatic carbocycles. The van der Waals surface area contributed by atoms with Crippen LogP contribution in [-0.4, -0.2) is 42.9 Å². The first-order valence-corrected chi connectivity index (χ1v) is 5.87. The first-order chi connectivity index (χ1) is 8.67. The highest BCUT2D eigenvalue weighted by Gasteiger charge is 2.08. The van der Waals surface area contributed by atoms with Crippen molar-refractivity contribution in [1.82, 2.24) is 0 Å². The fraction of sp³-hybridized carbons (Fsp3) is 0.500. The van der Waals surface area contributed by atoms with Crippen molar-refractivity contribution in [2.75, 3.05) is 37.7 Å². The second-order valence-electron chi connectivity index (χ2n) is 3.71. The monoisotopic (exact) mass is 254 g/mol. The van der Waals surface area contributed by atoms with Gasteiger partial charge in [-0.2, -0.15) is 0 Å². The molecule has 0 unspecified atom stereocenters. The number of hydrogen-bond acceptors (Lipinski definition) is 5. The minimum atomic E-state index is -0.325. The molecule has 1 rings (SSSR count). The zero-order valence-electron chi connectivity index (χ0n) is 10.4. The smallest absolute Gasteiger partial charge is 0.221 e. The highest BCUT2D eigenvalue weighted by Crippen LogP contribution is 2.20. The van der Waals surface area contributed by atoms with Crippen molar-refractivity contribution in [2.24, 2.45) is 0 Å². The molecule has 0 heterocycles. The van der Waals surface area contributed by atoms with Crippen molar-refractivity contribution in [1.29, 1.82) is 0 Å². The average molecular weight is 254 g/mol. The molecule has 1 N–H and O–H groups in total. The van der Waals surface area contributed by atoms with E-state index in [0.717, 1.165) is 5.69 Å². The molecular weight excluding hydrogens is 236 g/mol. The Bertz CT molecular complexity index is 384. The maximum Gasteiger partial charge on any atom is 0.221 e. The molecule has 6 heteroatoms. The van der Waals surface area contributed by atoms with E-state index in [4.69, 9.17) is 9.84 Å². The van der Waals surface area contributed by atoms with Gasteiger partial charge in [-0.3, -0.25) is 10.1 Å². The summed E-state index contributed by atoms with van der Waals surface area (Å²) in [5.41, 5.74) is 0.884.